The molecule has 22 heavy (non-hydrogen) atoms. The number of rotatable bonds is 7. The van der Waals surface area contributed by atoms with Gasteiger partial charge in [-0.1, -0.05) is 30.9 Å². The molecule has 1 aromatic carbocycles. The molecule has 0 radical (unpaired) electrons. The number of fused-ring (bicyclic) bond motifs is 1. The first-order valence-corrected chi connectivity index (χ1v) is 6.84. The van der Waals surface area contributed by atoms with E-state index in [4.69, 9.17) is 15.6 Å². The lowest BCUT2D eigenvalue weighted by atomic mass is 10.1. The molecule has 2 aromatic rings. The van der Waals surface area contributed by atoms with Gasteiger partial charge < -0.3 is 20.1 Å². The third kappa shape index (κ3) is 3.53. The fraction of sp³-hybridized carbons (Fsp3) is 0.250. The van der Waals surface area contributed by atoms with Crippen LogP contribution in [0.5, 0.6) is 0 Å². The highest BCUT2D eigenvalue weighted by atomic mass is 16.5. The maximum atomic E-state index is 11.7. The minimum atomic E-state index is -1.05. The van der Waals surface area contributed by atoms with Gasteiger partial charge in [0.25, 0.3) is 0 Å². The summed E-state index contributed by atoms with van der Waals surface area (Å²) in [5.41, 5.74) is 7.24. The molecule has 0 saturated carbocycles. The quantitative estimate of drug-likeness (QED) is 0.594. The molecule has 2 rings (SSSR count). The zero-order valence-corrected chi connectivity index (χ0v) is 12.1. The second-order valence-corrected chi connectivity index (χ2v) is 4.92. The monoisotopic (exact) mass is 302 g/mol. The van der Waals surface area contributed by atoms with Crippen molar-refractivity contribution < 1.29 is 19.4 Å². The average molecular weight is 302 g/mol. The molecule has 0 amide bonds. The first-order valence-electron chi connectivity index (χ1n) is 6.84. The van der Waals surface area contributed by atoms with Crippen LogP contribution in [0.3, 0.4) is 0 Å². The fourth-order valence-electron chi connectivity index (χ4n) is 2.28. The van der Waals surface area contributed by atoms with E-state index >= 15 is 0 Å². The van der Waals surface area contributed by atoms with E-state index in [1.54, 1.807) is 10.8 Å². The van der Waals surface area contributed by atoms with Gasteiger partial charge in [-0.2, -0.15) is 0 Å². The standard InChI is InChI=1S/C16H18N2O4/c1-2-7-22-15(19)10-18-9-11(8-13(17)16(20)21)12-5-3-4-6-14(12)18/h2-6,9,13H,1,7-8,10,17H2,(H,20,21)/t13-/m0/s1. The van der Waals surface area contributed by atoms with Gasteiger partial charge in [0.2, 0.25) is 0 Å². The summed E-state index contributed by atoms with van der Waals surface area (Å²) in [7, 11) is 0. The number of carboxylic acids is 1. The van der Waals surface area contributed by atoms with Gasteiger partial charge in [-0.25, -0.2) is 0 Å². The van der Waals surface area contributed by atoms with Crippen LogP contribution in [0.1, 0.15) is 5.56 Å². The summed E-state index contributed by atoms with van der Waals surface area (Å²) in [6.07, 6.45) is 3.45. The summed E-state index contributed by atoms with van der Waals surface area (Å²) < 4.78 is 6.72. The maximum absolute atomic E-state index is 11.7. The minimum Gasteiger partial charge on any atom is -0.480 e. The Morgan fingerprint density at radius 1 is 1.41 bits per heavy atom. The van der Waals surface area contributed by atoms with E-state index in [2.05, 4.69) is 6.58 Å². The third-order valence-electron chi connectivity index (χ3n) is 3.29. The lowest BCUT2D eigenvalue weighted by Crippen LogP contribution is -2.32. The van der Waals surface area contributed by atoms with Gasteiger partial charge in [-0.3, -0.25) is 9.59 Å². The predicted molar refractivity (Wildman–Crippen MR) is 82.4 cm³/mol. The fourth-order valence-corrected chi connectivity index (χ4v) is 2.28. The number of carbonyl (C=O) groups is 2. The summed E-state index contributed by atoms with van der Waals surface area (Å²) in [5.74, 6) is -1.43. The van der Waals surface area contributed by atoms with E-state index in [0.717, 1.165) is 16.5 Å². The lowest BCUT2D eigenvalue weighted by molar-refractivity contribution is -0.143. The van der Waals surface area contributed by atoms with Crippen molar-refractivity contribution in [2.75, 3.05) is 6.61 Å². The Morgan fingerprint density at radius 3 is 2.82 bits per heavy atom. The third-order valence-corrected chi connectivity index (χ3v) is 3.29. The number of nitrogens with two attached hydrogens (primary N) is 1. The smallest absolute Gasteiger partial charge is 0.326 e. The number of benzene rings is 1. The molecule has 0 fully saturated rings. The zero-order valence-electron chi connectivity index (χ0n) is 12.1. The Bertz CT molecular complexity index is 705. The second kappa shape index (κ2) is 6.91. The summed E-state index contributed by atoms with van der Waals surface area (Å²) in [4.78, 5) is 22.7. The Labute approximate surface area is 127 Å². The van der Waals surface area contributed by atoms with Gasteiger partial charge in [0.15, 0.2) is 0 Å². The van der Waals surface area contributed by atoms with Crippen molar-refractivity contribution >= 4 is 22.8 Å². The van der Waals surface area contributed by atoms with Gasteiger partial charge in [0.1, 0.15) is 19.2 Å². The number of carbonyl (C=O) groups excluding carboxylic acids is 1. The SMILES string of the molecule is C=CCOC(=O)Cn1cc(C[C@H](N)C(=O)O)c2ccccc21. The molecule has 0 saturated heterocycles. The number of hydrogen-bond acceptors (Lipinski definition) is 4. The van der Waals surface area contributed by atoms with E-state index in [1.807, 2.05) is 24.3 Å². The van der Waals surface area contributed by atoms with E-state index < -0.39 is 12.0 Å². The largest absolute Gasteiger partial charge is 0.480 e. The Kier molecular flexibility index (Phi) is 4.95. The lowest BCUT2D eigenvalue weighted by Gasteiger charge is -2.05. The molecule has 3 N–H and O–H groups in total. The number of ether oxygens (including phenoxy) is 1. The molecular weight excluding hydrogens is 284 g/mol. The van der Waals surface area contributed by atoms with Crippen LogP contribution in [-0.2, 0) is 27.3 Å². The number of carboxylic acid groups (broad SMARTS) is 1. The summed E-state index contributed by atoms with van der Waals surface area (Å²) in [6.45, 7) is 3.70. The summed E-state index contributed by atoms with van der Waals surface area (Å²) >= 11 is 0. The predicted octanol–water partition coefficient (Wildman–Crippen LogP) is 1.32. The van der Waals surface area contributed by atoms with Crippen molar-refractivity contribution in [1.29, 1.82) is 0 Å². The van der Waals surface area contributed by atoms with E-state index in [-0.39, 0.29) is 25.5 Å². The van der Waals surface area contributed by atoms with Gasteiger partial charge in [-0.15, -0.1) is 0 Å². The van der Waals surface area contributed by atoms with Crippen LogP contribution >= 0.6 is 0 Å². The molecule has 1 atom stereocenters. The number of esters is 1. The zero-order chi connectivity index (χ0) is 16.1. The Morgan fingerprint density at radius 2 is 2.14 bits per heavy atom. The van der Waals surface area contributed by atoms with E-state index in [0.29, 0.717) is 0 Å². The van der Waals surface area contributed by atoms with Crippen LogP contribution in [-0.4, -0.2) is 34.3 Å². The number of nitrogens with zero attached hydrogens (tertiary/aromatic N) is 1. The van der Waals surface area contributed by atoms with Crippen LogP contribution in [0.2, 0.25) is 0 Å². The molecule has 1 heterocycles. The highest BCUT2D eigenvalue weighted by Crippen LogP contribution is 2.22. The molecule has 6 heteroatoms. The Balaban J connectivity index is 2.29. The normalized spacial score (nSPS) is 12.0. The maximum Gasteiger partial charge on any atom is 0.326 e. The van der Waals surface area contributed by atoms with E-state index in [1.165, 1.54) is 6.08 Å². The topological polar surface area (TPSA) is 94.5 Å². The van der Waals surface area contributed by atoms with Crippen LogP contribution in [0.15, 0.2) is 43.1 Å². The van der Waals surface area contributed by atoms with Gasteiger partial charge >= 0.3 is 11.9 Å². The first kappa shape index (κ1) is 15.8. The molecule has 0 bridgehead atoms. The molecule has 0 aliphatic carbocycles. The molecular formula is C16H18N2O4. The molecule has 0 aliphatic rings. The Hall–Kier alpha value is -2.60. The van der Waals surface area contributed by atoms with Crippen molar-refractivity contribution in [2.45, 2.75) is 19.0 Å². The number of para-hydroxylation sites is 1. The minimum absolute atomic E-state index is 0.0522. The average Bonchev–Trinajstić information content (AvgIpc) is 2.83. The van der Waals surface area contributed by atoms with Gasteiger partial charge in [0.05, 0.1) is 0 Å². The summed E-state index contributed by atoms with van der Waals surface area (Å²) in [6, 6.07) is 6.48. The van der Waals surface area contributed by atoms with Crippen LogP contribution in [0.4, 0.5) is 0 Å². The molecule has 116 valence electrons. The van der Waals surface area contributed by atoms with Crippen LogP contribution < -0.4 is 5.73 Å². The van der Waals surface area contributed by atoms with Crippen molar-refractivity contribution in [1.82, 2.24) is 4.57 Å². The molecule has 6 nitrogen and oxygen atoms in total. The van der Waals surface area contributed by atoms with Crippen molar-refractivity contribution in [3.63, 3.8) is 0 Å². The molecule has 1 aromatic heterocycles. The van der Waals surface area contributed by atoms with Crippen LogP contribution in [0, 0.1) is 0 Å². The highest BCUT2D eigenvalue weighted by Gasteiger charge is 2.17. The van der Waals surface area contributed by atoms with Crippen molar-refractivity contribution in [3.8, 4) is 0 Å². The highest BCUT2D eigenvalue weighted by molar-refractivity contribution is 5.86. The van der Waals surface area contributed by atoms with E-state index in [9.17, 15) is 9.59 Å². The number of hydrogen-bond donors (Lipinski definition) is 2. The van der Waals surface area contributed by atoms with Gasteiger partial charge in [-0.05, 0) is 11.6 Å². The van der Waals surface area contributed by atoms with Gasteiger partial charge in [0, 0.05) is 23.5 Å². The first-order chi connectivity index (χ1) is 10.5. The summed E-state index contributed by atoms with van der Waals surface area (Å²) in [5, 5.41) is 9.83. The van der Waals surface area contributed by atoms with Crippen LogP contribution in [0.25, 0.3) is 10.9 Å². The number of aromatic nitrogens is 1. The van der Waals surface area contributed by atoms with Crippen molar-refractivity contribution in [3.05, 3.63) is 48.7 Å². The van der Waals surface area contributed by atoms with Crippen molar-refractivity contribution in [2.24, 2.45) is 5.73 Å². The second-order valence-electron chi connectivity index (χ2n) is 4.92. The number of aliphatic carboxylic acids is 1. The molecule has 0 aliphatic heterocycles. The molecule has 0 unspecified atom stereocenters. The molecule has 0 spiro atoms.